The summed E-state index contributed by atoms with van der Waals surface area (Å²) >= 11 is 0. The van der Waals surface area contributed by atoms with E-state index in [-0.39, 0.29) is 12.7 Å². The zero-order valence-corrected chi connectivity index (χ0v) is 7.40. The third kappa shape index (κ3) is 1.61. The molecule has 2 aliphatic rings. The Hall–Kier alpha value is -0.160. The molecule has 2 N–H and O–H groups in total. The van der Waals surface area contributed by atoms with Gasteiger partial charge in [-0.15, -0.1) is 0 Å². The smallest absolute Gasteiger partial charge is 0.223 e. The van der Waals surface area contributed by atoms with Crippen LogP contribution in [0, 0.1) is 0 Å². The lowest BCUT2D eigenvalue weighted by molar-refractivity contribution is -0.423. The maximum Gasteiger partial charge on any atom is 0.223 e. The average molecular weight is 172 g/mol. The fourth-order valence-electron chi connectivity index (χ4n) is 1.64. The highest BCUT2D eigenvalue weighted by molar-refractivity contribution is 4.75. The van der Waals surface area contributed by atoms with E-state index in [2.05, 4.69) is 4.90 Å². The molecule has 0 amide bonds. The molecular formula is C8H16N2O2. The van der Waals surface area contributed by atoms with Crippen molar-refractivity contribution < 1.29 is 9.47 Å². The van der Waals surface area contributed by atoms with Crippen LogP contribution in [-0.4, -0.2) is 36.7 Å². The van der Waals surface area contributed by atoms with E-state index in [9.17, 15) is 0 Å². The zero-order valence-electron chi connectivity index (χ0n) is 7.40. The van der Waals surface area contributed by atoms with Crippen molar-refractivity contribution in [1.29, 1.82) is 0 Å². The topological polar surface area (TPSA) is 47.7 Å². The van der Waals surface area contributed by atoms with Gasteiger partial charge in [-0.25, -0.2) is 0 Å². The Morgan fingerprint density at radius 3 is 2.33 bits per heavy atom. The van der Waals surface area contributed by atoms with Crippen LogP contribution in [0.15, 0.2) is 0 Å². The third-order valence-corrected chi connectivity index (χ3v) is 2.49. The largest absolute Gasteiger partial charge is 0.328 e. The van der Waals surface area contributed by atoms with Gasteiger partial charge in [-0.2, -0.15) is 0 Å². The van der Waals surface area contributed by atoms with Gasteiger partial charge in [-0.05, 0) is 19.8 Å². The Labute approximate surface area is 72.6 Å². The summed E-state index contributed by atoms with van der Waals surface area (Å²) in [4.78, 5) is 2.20. The highest BCUT2D eigenvalue weighted by atomic mass is 16.9. The maximum absolute atomic E-state index is 5.78. The van der Waals surface area contributed by atoms with E-state index in [0.717, 1.165) is 25.9 Å². The first-order chi connectivity index (χ1) is 5.75. The van der Waals surface area contributed by atoms with Gasteiger partial charge in [0.25, 0.3) is 0 Å². The summed E-state index contributed by atoms with van der Waals surface area (Å²) in [5.41, 5.74) is 5.78. The first kappa shape index (κ1) is 8.44. The van der Waals surface area contributed by atoms with E-state index in [1.807, 2.05) is 6.92 Å². The van der Waals surface area contributed by atoms with Crippen molar-refractivity contribution >= 4 is 0 Å². The lowest BCUT2D eigenvalue weighted by Crippen LogP contribution is -2.54. The van der Waals surface area contributed by atoms with Gasteiger partial charge < -0.3 is 15.2 Å². The van der Waals surface area contributed by atoms with Gasteiger partial charge in [0.05, 0.1) is 0 Å². The second kappa shape index (κ2) is 3.30. The fraction of sp³-hybridized carbons (Fsp3) is 1.00. The standard InChI is InChI=1S/C8H16N2O2/c1-6-11-8(12-6)10-4-2-7(9)3-5-10/h6-8H,2-5,9H2,1H3. The quantitative estimate of drug-likeness (QED) is 0.608. The van der Waals surface area contributed by atoms with Crippen LogP contribution in [0.3, 0.4) is 0 Å². The maximum atomic E-state index is 5.78. The normalized spacial score (nSPS) is 39.5. The van der Waals surface area contributed by atoms with Gasteiger partial charge in [0, 0.05) is 19.1 Å². The van der Waals surface area contributed by atoms with E-state index >= 15 is 0 Å². The number of nitrogens with two attached hydrogens (primary N) is 1. The van der Waals surface area contributed by atoms with Crippen molar-refractivity contribution in [3.8, 4) is 0 Å². The molecule has 0 aliphatic carbocycles. The van der Waals surface area contributed by atoms with Gasteiger partial charge >= 0.3 is 0 Å². The highest BCUT2D eigenvalue weighted by Crippen LogP contribution is 2.22. The minimum Gasteiger partial charge on any atom is -0.328 e. The van der Waals surface area contributed by atoms with Crippen LogP contribution in [0.1, 0.15) is 19.8 Å². The molecule has 4 heteroatoms. The first-order valence-corrected chi connectivity index (χ1v) is 4.56. The molecule has 4 nitrogen and oxygen atoms in total. The van der Waals surface area contributed by atoms with E-state index < -0.39 is 0 Å². The number of hydrogen-bond acceptors (Lipinski definition) is 4. The van der Waals surface area contributed by atoms with E-state index in [1.54, 1.807) is 0 Å². The molecule has 0 spiro atoms. The molecule has 0 aromatic rings. The van der Waals surface area contributed by atoms with Crippen molar-refractivity contribution in [3.63, 3.8) is 0 Å². The molecule has 0 unspecified atom stereocenters. The molecule has 0 aromatic carbocycles. The number of rotatable bonds is 1. The monoisotopic (exact) mass is 172 g/mol. The number of piperidine rings is 1. The molecule has 2 aliphatic heterocycles. The number of hydrogen-bond donors (Lipinski definition) is 1. The summed E-state index contributed by atoms with van der Waals surface area (Å²) in [6, 6.07) is 0.374. The Morgan fingerprint density at radius 2 is 1.83 bits per heavy atom. The first-order valence-electron chi connectivity index (χ1n) is 4.56. The van der Waals surface area contributed by atoms with Gasteiger partial charge in [0.15, 0.2) is 6.29 Å². The molecule has 0 radical (unpaired) electrons. The van der Waals surface area contributed by atoms with Crippen LogP contribution >= 0.6 is 0 Å². The van der Waals surface area contributed by atoms with Crippen molar-refractivity contribution in [2.75, 3.05) is 13.1 Å². The van der Waals surface area contributed by atoms with Crippen LogP contribution in [0.2, 0.25) is 0 Å². The average Bonchev–Trinajstić information content (AvgIpc) is 2.01. The molecule has 0 atom stereocenters. The van der Waals surface area contributed by atoms with Gasteiger partial charge in [-0.3, -0.25) is 4.90 Å². The molecule has 0 saturated carbocycles. The predicted molar refractivity (Wildman–Crippen MR) is 44.2 cm³/mol. The molecule has 2 fully saturated rings. The predicted octanol–water partition coefficient (Wildman–Crippen LogP) is 0.0859. The Morgan fingerprint density at radius 1 is 1.25 bits per heavy atom. The van der Waals surface area contributed by atoms with Crippen LogP contribution in [0.25, 0.3) is 0 Å². The van der Waals surface area contributed by atoms with E-state index in [4.69, 9.17) is 15.2 Å². The zero-order chi connectivity index (χ0) is 8.55. The third-order valence-electron chi connectivity index (χ3n) is 2.49. The minimum absolute atomic E-state index is 0.0226. The van der Waals surface area contributed by atoms with E-state index in [1.165, 1.54) is 0 Å². The summed E-state index contributed by atoms with van der Waals surface area (Å²) in [5, 5.41) is 0. The summed E-state index contributed by atoms with van der Waals surface area (Å²) in [5.74, 6) is 0. The minimum atomic E-state index is -0.0903. The fourth-order valence-corrected chi connectivity index (χ4v) is 1.64. The molecule has 70 valence electrons. The van der Waals surface area contributed by atoms with Crippen LogP contribution < -0.4 is 5.73 Å². The molecule has 2 saturated heterocycles. The van der Waals surface area contributed by atoms with Crippen molar-refractivity contribution in [2.45, 2.75) is 38.5 Å². The van der Waals surface area contributed by atoms with Gasteiger partial charge in [-0.1, -0.05) is 0 Å². The summed E-state index contributed by atoms with van der Waals surface area (Å²) in [7, 11) is 0. The molecule has 0 bridgehead atoms. The molecular weight excluding hydrogens is 156 g/mol. The SMILES string of the molecule is CC1OC(N2CCC(N)CC2)O1. The Kier molecular flexibility index (Phi) is 2.32. The Balaban J connectivity index is 1.75. The van der Waals surface area contributed by atoms with Crippen molar-refractivity contribution in [1.82, 2.24) is 4.90 Å². The van der Waals surface area contributed by atoms with Crippen LogP contribution in [-0.2, 0) is 9.47 Å². The Bertz CT molecular complexity index is 151. The molecule has 2 heterocycles. The van der Waals surface area contributed by atoms with Crippen molar-refractivity contribution in [2.24, 2.45) is 5.73 Å². The number of nitrogens with zero attached hydrogens (tertiary/aromatic N) is 1. The molecule has 0 aromatic heterocycles. The lowest BCUT2D eigenvalue weighted by atomic mass is 10.1. The second-order valence-electron chi connectivity index (χ2n) is 3.52. The van der Waals surface area contributed by atoms with Gasteiger partial charge in [0.1, 0.15) is 0 Å². The molecule has 2 rings (SSSR count). The number of ether oxygens (including phenoxy) is 2. The number of likely N-dealkylation sites (tertiary alicyclic amines) is 1. The summed E-state index contributed by atoms with van der Waals surface area (Å²) in [6.07, 6.45) is 1.99. The summed E-state index contributed by atoms with van der Waals surface area (Å²) < 4.78 is 10.8. The van der Waals surface area contributed by atoms with Crippen molar-refractivity contribution in [3.05, 3.63) is 0 Å². The van der Waals surface area contributed by atoms with Crippen LogP contribution in [0.4, 0.5) is 0 Å². The second-order valence-corrected chi connectivity index (χ2v) is 3.52. The van der Waals surface area contributed by atoms with Crippen LogP contribution in [0.5, 0.6) is 0 Å². The molecule has 12 heavy (non-hydrogen) atoms. The van der Waals surface area contributed by atoms with E-state index in [0.29, 0.717) is 6.04 Å². The summed E-state index contributed by atoms with van der Waals surface area (Å²) in [6.45, 7) is 3.91. The lowest BCUT2D eigenvalue weighted by Gasteiger charge is -2.43. The van der Waals surface area contributed by atoms with Gasteiger partial charge in [0.2, 0.25) is 6.41 Å². The highest BCUT2D eigenvalue weighted by Gasteiger charge is 2.34.